The van der Waals surface area contributed by atoms with E-state index < -0.39 is 9.90 Å². The summed E-state index contributed by atoms with van der Waals surface area (Å²) in [6.45, 7) is 1.32. The Morgan fingerprint density at radius 2 is 2.00 bits per heavy atom. The van der Waals surface area contributed by atoms with Crippen molar-refractivity contribution < 1.29 is 9.90 Å². The Morgan fingerprint density at radius 3 is 2.10 bits per heavy atom. The number of hydrogen-bond acceptors (Lipinski definition) is 2. The van der Waals surface area contributed by atoms with Gasteiger partial charge in [0.2, 0.25) is 3.79 Å². The third-order valence-electron chi connectivity index (χ3n) is 0.859. The fourth-order valence-electron chi connectivity index (χ4n) is 0.388. The Hall–Kier alpha value is 0.500. The number of halogens is 3. The van der Waals surface area contributed by atoms with Gasteiger partial charge in [-0.05, 0) is 6.92 Å². The summed E-state index contributed by atoms with van der Waals surface area (Å²) in [6.07, 6.45) is -1.34. The quantitative estimate of drug-likeness (QED) is 0.697. The topological polar surface area (TPSA) is 37.3 Å². The van der Waals surface area contributed by atoms with Gasteiger partial charge < -0.3 is 5.11 Å². The van der Waals surface area contributed by atoms with Gasteiger partial charge in [0.15, 0.2) is 0 Å². The van der Waals surface area contributed by atoms with Crippen LogP contribution in [0.2, 0.25) is 0 Å². The molecule has 0 fully saturated rings. The van der Waals surface area contributed by atoms with Crippen molar-refractivity contribution >= 4 is 40.6 Å². The third kappa shape index (κ3) is 4.34. The van der Waals surface area contributed by atoms with E-state index in [2.05, 4.69) is 0 Å². The second-order valence-electron chi connectivity index (χ2n) is 1.96. The van der Waals surface area contributed by atoms with Crippen molar-refractivity contribution in [2.24, 2.45) is 0 Å². The van der Waals surface area contributed by atoms with Crippen molar-refractivity contribution in [1.82, 2.24) is 0 Å². The van der Waals surface area contributed by atoms with Crippen LogP contribution in [0.15, 0.2) is 0 Å². The molecule has 0 spiro atoms. The molecule has 0 saturated carbocycles. The average molecular weight is 205 g/mol. The van der Waals surface area contributed by atoms with Crippen molar-refractivity contribution in [1.29, 1.82) is 0 Å². The lowest BCUT2D eigenvalue weighted by Crippen LogP contribution is -2.27. The first-order chi connectivity index (χ1) is 4.34. The molecule has 0 bridgehead atoms. The van der Waals surface area contributed by atoms with E-state index in [0.29, 0.717) is 0 Å². The van der Waals surface area contributed by atoms with Crippen LogP contribution in [-0.4, -0.2) is 20.8 Å². The Bertz CT molecular complexity index is 129. The Labute approximate surface area is 74.1 Å². The van der Waals surface area contributed by atoms with Crippen LogP contribution in [0.4, 0.5) is 0 Å². The van der Waals surface area contributed by atoms with E-state index in [1.54, 1.807) is 0 Å². The fraction of sp³-hybridized carbons (Fsp3) is 0.800. The van der Waals surface area contributed by atoms with Crippen molar-refractivity contribution in [2.45, 2.75) is 23.2 Å². The highest BCUT2D eigenvalue weighted by atomic mass is 35.6. The minimum atomic E-state index is -1.76. The molecule has 5 heteroatoms. The molecular formula is C5H7Cl3O2. The predicted octanol–water partition coefficient (Wildman–Crippen LogP) is 1.70. The lowest BCUT2D eigenvalue weighted by molar-refractivity contribution is -0.118. The van der Waals surface area contributed by atoms with Crippen LogP contribution in [-0.2, 0) is 4.79 Å². The van der Waals surface area contributed by atoms with Gasteiger partial charge in [-0.2, -0.15) is 0 Å². The van der Waals surface area contributed by atoms with E-state index in [0.717, 1.165) is 0 Å². The van der Waals surface area contributed by atoms with E-state index in [1.807, 2.05) is 0 Å². The second-order valence-corrected chi connectivity index (χ2v) is 4.33. The highest BCUT2D eigenvalue weighted by Crippen LogP contribution is 2.31. The number of aliphatic hydroxyl groups is 1. The monoisotopic (exact) mass is 204 g/mol. The molecule has 1 atom stereocenters. The molecule has 0 aliphatic carbocycles. The zero-order chi connectivity index (χ0) is 8.36. The number of hydrogen-bond donors (Lipinski definition) is 1. The molecule has 0 aromatic carbocycles. The van der Waals surface area contributed by atoms with Gasteiger partial charge >= 0.3 is 0 Å². The molecule has 0 rings (SSSR count). The molecule has 2 nitrogen and oxygen atoms in total. The highest BCUT2D eigenvalue weighted by molar-refractivity contribution is 6.68. The van der Waals surface area contributed by atoms with Crippen LogP contribution < -0.4 is 0 Å². The smallest absolute Gasteiger partial charge is 0.216 e. The maximum Gasteiger partial charge on any atom is 0.216 e. The molecule has 10 heavy (non-hydrogen) atoms. The number of carbonyl (C=O) groups excluding carboxylic acids is 1. The van der Waals surface area contributed by atoms with E-state index in [9.17, 15) is 4.79 Å². The molecule has 0 heterocycles. The maximum absolute atomic E-state index is 10.4. The summed E-state index contributed by atoms with van der Waals surface area (Å²) in [5, 5.41) is 8.94. The van der Waals surface area contributed by atoms with Gasteiger partial charge in [-0.3, -0.25) is 4.79 Å². The number of carbonyl (C=O) groups is 1. The van der Waals surface area contributed by atoms with Gasteiger partial charge in [-0.1, -0.05) is 34.8 Å². The summed E-state index contributed by atoms with van der Waals surface area (Å²) >= 11 is 15.8. The molecule has 0 aromatic rings. The zero-order valence-electron chi connectivity index (χ0n) is 5.27. The summed E-state index contributed by atoms with van der Waals surface area (Å²) in [4.78, 5) is 10.4. The Kier molecular flexibility index (Phi) is 3.95. The summed E-state index contributed by atoms with van der Waals surface area (Å²) < 4.78 is -1.76. The number of Topliss-reactive ketones (excluding diaryl/α,β-unsaturated/α-hetero) is 1. The summed E-state index contributed by atoms with van der Waals surface area (Å²) in [5.74, 6) is -0.209. The minimum Gasteiger partial charge on any atom is -0.388 e. The van der Waals surface area contributed by atoms with Crippen LogP contribution in [0, 0.1) is 0 Å². The maximum atomic E-state index is 10.4. The van der Waals surface area contributed by atoms with Crippen LogP contribution in [0.3, 0.4) is 0 Å². The second kappa shape index (κ2) is 3.77. The minimum absolute atomic E-state index is 0.128. The van der Waals surface area contributed by atoms with Gasteiger partial charge in [0.1, 0.15) is 11.9 Å². The summed E-state index contributed by atoms with van der Waals surface area (Å²) in [5.41, 5.74) is 0. The molecule has 1 N–H and O–H groups in total. The number of rotatable bonds is 2. The van der Waals surface area contributed by atoms with Crippen LogP contribution in [0.1, 0.15) is 13.3 Å². The first kappa shape index (κ1) is 10.5. The summed E-state index contributed by atoms with van der Waals surface area (Å²) in [7, 11) is 0. The molecule has 0 aliphatic rings. The fourth-order valence-corrected chi connectivity index (χ4v) is 0.619. The molecule has 0 radical (unpaired) electrons. The Morgan fingerprint density at radius 1 is 1.60 bits per heavy atom. The van der Waals surface area contributed by atoms with Crippen molar-refractivity contribution in [3.05, 3.63) is 0 Å². The van der Waals surface area contributed by atoms with Crippen molar-refractivity contribution in [3.63, 3.8) is 0 Å². The number of alkyl halides is 3. The lowest BCUT2D eigenvalue weighted by atomic mass is 10.2. The lowest BCUT2D eigenvalue weighted by Gasteiger charge is -2.16. The van der Waals surface area contributed by atoms with Crippen molar-refractivity contribution in [2.75, 3.05) is 0 Å². The average Bonchev–Trinajstić information content (AvgIpc) is 1.60. The standard InChI is InChI=1S/C5H7Cl3O2/c1-3(9)2-4(10)5(6,7)8/h4,10H,2H2,1H3/t4-/m0/s1. The van der Waals surface area contributed by atoms with E-state index in [-0.39, 0.29) is 12.2 Å². The van der Waals surface area contributed by atoms with Gasteiger partial charge in [-0.25, -0.2) is 0 Å². The van der Waals surface area contributed by atoms with Gasteiger partial charge in [0.05, 0.1) is 0 Å². The normalized spacial score (nSPS) is 14.9. The molecule has 0 unspecified atom stereocenters. The largest absolute Gasteiger partial charge is 0.388 e. The number of aliphatic hydroxyl groups excluding tert-OH is 1. The Balaban J connectivity index is 3.85. The molecule has 0 saturated heterocycles. The van der Waals surface area contributed by atoms with Gasteiger partial charge in [-0.15, -0.1) is 0 Å². The molecule has 0 aliphatic heterocycles. The van der Waals surface area contributed by atoms with Crippen LogP contribution in [0.25, 0.3) is 0 Å². The van der Waals surface area contributed by atoms with Crippen LogP contribution >= 0.6 is 34.8 Å². The number of ketones is 1. The summed E-state index contributed by atoms with van der Waals surface area (Å²) in [6, 6.07) is 0. The van der Waals surface area contributed by atoms with Gasteiger partial charge in [0.25, 0.3) is 0 Å². The first-order valence-corrected chi connectivity index (χ1v) is 3.71. The molecular weight excluding hydrogens is 198 g/mol. The zero-order valence-corrected chi connectivity index (χ0v) is 7.54. The van der Waals surface area contributed by atoms with E-state index >= 15 is 0 Å². The SMILES string of the molecule is CC(=O)C[C@H](O)C(Cl)(Cl)Cl. The molecule has 0 amide bonds. The van der Waals surface area contributed by atoms with E-state index in [1.165, 1.54) is 6.92 Å². The van der Waals surface area contributed by atoms with Gasteiger partial charge in [0, 0.05) is 6.42 Å². The molecule has 60 valence electrons. The van der Waals surface area contributed by atoms with Crippen LogP contribution in [0.5, 0.6) is 0 Å². The van der Waals surface area contributed by atoms with Crippen molar-refractivity contribution in [3.8, 4) is 0 Å². The highest BCUT2D eigenvalue weighted by Gasteiger charge is 2.31. The third-order valence-corrected chi connectivity index (χ3v) is 1.61. The van der Waals surface area contributed by atoms with E-state index in [4.69, 9.17) is 39.9 Å². The first-order valence-electron chi connectivity index (χ1n) is 2.58. The molecule has 0 aromatic heterocycles. The predicted molar refractivity (Wildman–Crippen MR) is 41.6 cm³/mol.